The molecule has 0 bridgehead atoms. The lowest BCUT2D eigenvalue weighted by molar-refractivity contribution is -0.116. The molecule has 10 heteroatoms. The van der Waals surface area contributed by atoms with Crippen molar-refractivity contribution in [2.45, 2.75) is 31.5 Å². The van der Waals surface area contributed by atoms with E-state index in [1.54, 1.807) is 17.8 Å². The fraction of sp³-hybridized carbons (Fsp3) is 0.391. The number of nitrogens with zero attached hydrogens (tertiary/aromatic N) is 5. The largest absolute Gasteiger partial charge is 0.454 e. The first-order chi connectivity index (χ1) is 16.2. The van der Waals surface area contributed by atoms with Gasteiger partial charge in [-0.25, -0.2) is 14.6 Å². The summed E-state index contributed by atoms with van der Waals surface area (Å²) in [7, 11) is 0. The zero-order valence-corrected chi connectivity index (χ0v) is 19.3. The number of carbonyl (C=O) groups is 1. The molecule has 5 rings (SSSR count). The van der Waals surface area contributed by atoms with E-state index >= 15 is 0 Å². The molecule has 9 nitrogen and oxygen atoms in total. The van der Waals surface area contributed by atoms with E-state index in [0.717, 1.165) is 52.2 Å². The van der Waals surface area contributed by atoms with Gasteiger partial charge in [0.15, 0.2) is 22.3 Å². The summed E-state index contributed by atoms with van der Waals surface area (Å²) in [5.41, 5.74) is 1.69. The minimum atomic E-state index is -0.168. The van der Waals surface area contributed by atoms with E-state index in [2.05, 4.69) is 22.2 Å². The molecule has 1 N–H and O–H groups in total. The average molecular weight is 467 g/mol. The number of carbonyl (C=O) groups excluding carboxylic acids is 1. The topological polar surface area (TPSA) is 94.4 Å². The number of benzene rings is 1. The molecule has 1 amide bonds. The molecule has 172 valence electrons. The van der Waals surface area contributed by atoms with Crippen LogP contribution in [0.15, 0.2) is 35.6 Å². The lowest BCUT2D eigenvalue weighted by Gasteiger charge is -2.17. The van der Waals surface area contributed by atoms with Crippen molar-refractivity contribution in [1.29, 1.82) is 0 Å². The van der Waals surface area contributed by atoms with Gasteiger partial charge in [-0.2, -0.15) is 5.10 Å². The fourth-order valence-corrected chi connectivity index (χ4v) is 4.54. The summed E-state index contributed by atoms with van der Waals surface area (Å²) in [6.45, 7) is 5.32. The highest BCUT2D eigenvalue weighted by Crippen LogP contribution is 2.33. The number of hydrogen-bond acceptors (Lipinski definition) is 8. The average Bonchev–Trinajstić information content (AvgIpc) is 3.58. The molecule has 0 aliphatic carbocycles. The van der Waals surface area contributed by atoms with E-state index in [4.69, 9.17) is 19.4 Å². The molecule has 2 aromatic heterocycles. The number of hydrogen-bond donors (Lipinski definition) is 1. The highest BCUT2D eigenvalue weighted by atomic mass is 32.2. The zero-order chi connectivity index (χ0) is 22.6. The van der Waals surface area contributed by atoms with Crippen molar-refractivity contribution in [2.24, 2.45) is 0 Å². The van der Waals surface area contributed by atoms with Crippen molar-refractivity contribution in [2.75, 3.05) is 37.1 Å². The summed E-state index contributed by atoms with van der Waals surface area (Å²) in [6, 6.07) is 5.58. The standard InChI is InChI=1S/C23H26N6O3S/c1-2-33-23-26-21(28-10-3-4-11-28)17-14-25-29(22(17)27-23)12-9-24-20(30)8-6-16-5-7-18-19(13-16)32-15-31-18/h5-8,13-14H,2-4,9-12,15H2,1H3,(H,24,30). The number of ether oxygens (including phenoxy) is 2. The van der Waals surface area contributed by atoms with Crippen LogP contribution in [0.4, 0.5) is 5.82 Å². The van der Waals surface area contributed by atoms with Gasteiger partial charge in [0.1, 0.15) is 5.82 Å². The van der Waals surface area contributed by atoms with E-state index in [1.165, 1.54) is 18.9 Å². The van der Waals surface area contributed by atoms with Crippen molar-refractivity contribution >= 4 is 40.6 Å². The van der Waals surface area contributed by atoms with Gasteiger partial charge in [0, 0.05) is 25.7 Å². The van der Waals surface area contributed by atoms with Crippen LogP contribution in [0, 0.1) is 0 Å². The monoisotopic (exact) mass is 466 g/mol. The molecule has 33 heavy (non-hydrogen) atoms. The molecule has 3 aromatic rings. The number of rotatable bonds is 8. The highest BCUT2D eigenvalue weighted by Gasteiger charge is 2.20. The third-order valence-corrected chi connectivity index (χ3v) is 6.31. The number of aromatic nitrogens is 4. The van der Waals surface area contributed by atoms with Crippen molar-refractivity contribution in [3.8, 4) is 11.5 Å². The van der Waals surface area contributed by atoms with Crippen molar-refractivity contribution in [3.63, 3.8) is 0 Å². The zero-order valence-electron chi connectivity index (χ0n) is 18.5. The lowest BCUT2D eigenvalue weighted by Crippen LogP contribution is -2.26. The minimum Gasteiger partial charge on any atom is -0.454 e. The normalized spacial score (nSPS) is 15.1. The maximum absolute atomic E-state index is 12.3. The molecule has 0 radical (unpaired) electrons. The molecule has 1 fully saturated rings. The van der Waals surface area contributed by atoms with Gasteiger partial charge in [0.05, 0.1) is 18.1 Å². The molecule has 1 aromatic carbocycles. The number of fused-ring (bicyclic) bond motifs is 2. The Bertz CT molecular complexity index is 1190. The van der Waals surface area contributed by atoms with Gasteiger partial charge in [-0.15, -0.1) is 0 Å². The molecule has 4 heterocycles. The molecular weight excluding hydrogens is 440 g/mol. The van der Waals surface area contributed by atoms with E-state index in [1.807, 2.05) is 29.1 Å². The Hall–Kier alpha value is -3.27. The first-order valence-corrected chi connectivity index (χ1v) is 12.2. The quantitative estimate of drug-likeness (QED) is 0.308. The third kappa shape index (κ3) is 4.75. The van der Waals surface area contributed by atoms with Crippen molar-refractivity contribution in [3.05, 3.63) is 36.0 Å². The van der Waals surface area contributed by atoms with Gasteiger partial charge in [-0.3, -0.25) is 4.79 Å². The highest BCUT2D eigenvalue weighted by molar-refractivity contribution is 7.99. The summed E-state index contributed by atoms with van der Waals surface area (Å²) in [4.78, 5) is 24.1. The van der Waals surface area contributed by atoms with E-state index in [0.29, 0.717) is 18.8 Å². The predicted octanol–water partition coefficient (Wildman–Crippen LogP) is 3.10. The van der Waals surface area contributed by atoms with Gasteiger partial charge in [-0.1, -0.05) is 24.8 Å². The van der Waals surface area contributed by atoms with E-state index < -0.39 is 0 Å². The molecule has 0 unspecified atom stereocenters. The summed E-state index contributed by atoms with van der Waals surface area (Å²) in [5, 5.41) is 9.18. The van der Waals surface area contributed by atoms with Crippen molar-refractivity contribution in [1.82, 2.24) is 25.1 Å². The van der Waals surface area contributed by atoms with E-state index in [9.17, 15) is 4.79 Å². The molecule has 0 atom stereocenters. The lowest BCUT2D eigenvalue weighted by atomic mass is 10.2. The second-order valence-electron chi connectivity index (χ2n) is 7.80. The minimum absolute atomic E-state index is 0.168. The van der Waals surface area contributed by atoms with Crippen molar-refractivity contribution < 1.29 is 14.3 Å². The number of amides is 1. The van der Waals surface area contributed by atoms with Crippen LogP contribution in [0.1, 0.15) is 25.3 Å². The second-order valence-corrected chi connectivity index (χ2v) is 9.03. The Kier molecular flexibility index (Phi) is 6.34. The predicted molar refractivity (Wildman–Crippen MR) is 128 cm³/mol. The van der Waals surface area contributed by atoms with E-state index in [-0.39, 0.29) is 12.7 Å². The van der Waals surface area contributed by atoms with Crippen LogP contribution < -0.4 is 19.7 Å². The molecule has 0 spiro atoms. The summed E-state index contributed by atoms with van der Waals surface area (Å²) >= 11 is 1.63. The molecule has 0 saturated carbocycles. The number of thioether (sulfide) groups is 1. The van der Waals surface area contributed by atoms with Crippen LogP contribution in [0.2, 0.25) is 0 Å². The Morgan fingerprint density at radius 3 is 2.91 bits per heavy atom. The van der Waals surface area contributed by atoms with Gasteiger partial charge in [0.2, 0.25) is 12.7 Å². The maximum atomic E-state index is 12.3. The summed E-state index contributed by atoms with van der Waals surface area (Å²) in [6.07, 6.45) is 7.47. The number of anilines is 1. The Morgan fingerprint density at radius 2 is 2.06 bits per heavy atom. The third-order valence-electron chi connectivity index (χ3n) is 5.58. The Balaban J connectivity index is 1.24. The van der Waals surface area contributed by atoms with Crippen LogP contribution >= 0.6 is 11.8 Å². The molecule has 2 aliphatic rings. The fourth-order valence-electron chi connectivity index (χ4n) is 3.98. The molecule has 1 saturated heterocycles. The Morgan fingerprint density at radius 1 is 1.21 bits per heavy atom. The molecular formula is C23H26N6O3S. The summed E-state index contributed by atoms with van der Waals surface area (Å²) < 4.78 is 12.5. The molecule has 2 aliphatic heterocycles. The first-order valence-electron chi connectivity index (χ1n) is 11.2. The smallest absolute Gasteiger partial charge is 0.244 e. The first kappa shape index (κ1) is 21.6. The Labute approximate surface area is 196 Å². The maximum Gasteiger partial charge on any atom is 0.244 e. The van der Waals surface area contributed by atoms with Crippen LogP contribution in [0.5, 0.6) is 11.5 Å². The van der Waals surface area contributed by atoms with Crippen LogP contribution in [-0.4, -0.2) is 57.8 Å². The summed E-state index contributed by atoms with van der Waals surface area (Å²) in [5.74, 6) is 3.12. The number of nitrogens with one attached hydrogen (secondary N) is 1. The van der Waals surface area contributed by atoms with Crippen LogP contribution in [0.3, 0.4) is 0 Å². The van der Waals surface area contributed by atoms with Gasteiger partial charge in [-0.05, 0) is 42.4 Å². The van der Waals surface area contributed by atoms with Crippen LogP contribution in [0.25, 0.3) is 17.1 Å². The van der Waals surface area contributed by atoms with Gasteiger partial charge < -0.3 is 19.7 Å². The SMILES string of the molecule is CCSc1nc(N2CCCC2)c2cnn(CCNC(=O)C=Cc3ccc4c(c3)OCO4)c2n1. The van der Waals surface area contributed by atoms with Crippen LogP contribution in [-0.2, 0) is 11.3 Å². The van der Waals surface area contributed by atoms with Gasteiger partial charge >= 0.3 is 0 Å². The second kappa shape index (κ2) is 9.70. The van der Waals surface area contributed by atoms with Gasteiger partial charge in [0.25, 0.3) is 0 Å².